The van der Waals surface area contributed by atoms with E-state index >= 15 is 0 Å². The summed E-state index contributed by atoms with van der Waals surface area (Å²) in [6.07, 6.45) is 1.20. The van der Waals surface area contributed by atoms with E-state index in [9.17, 15) is 4.79 Å². The molecule has 0 radical (unpaired) electrons. The van der Waals surface area contributed by atoms with Crippen LogP contribution >= 0.6 is 0 Å². The summed E-state index contributed by atoms with van der Waals surface area (Å²) < 4.78 is 11.2. The molecular weight excluding hydrogens is 348 g/mol. The third-order valence-corrected chi connectivity index (χ3v) is 5.22. The van der Waals surface area contributed by atoms with Gasteiger partial charge in [0.2, 0.25) is 0 Å². The molecule has 0 spiro atoms. The van der Waals surface area contributed by atoms with Crippen molar-refractivity contribution >= 4 is 22.3 Å². The molecule has 0 heterocycles. The molecule has 0 aromatic heterocycles. The summed E-state index contributed by atoms with van der Waals surface area (Å²) >= 11 is 0. The van der Waals surface area contributed by atoms with Gasteiger partial charge in [-0.2, -0.15) is 0 Å². The predicted octanol–water partition coefficient (Wildman–Crippen LogP) is 5.70. The number of rotatable bonds is 6. The summed E-state index contributed by atoms with van der Waals surface area (Å²) in [4.78, 5) is 12.0. The maximum absolute atomic E-state index is 12.0. The van der Waals surface area contributed by atoms with E-state index in [4.69, 9.17) is 9.47 Å². The molecule has 0 saturated heterocycles. The summed E-state index contributed by atoms with van der Waals surface area (Å²) in [5.41, 5.74) is 5.80. The molecule has 142 valence electrons. The van der Waals surface area contributed by atoms with Crippen LogP contribution in [0.4, 0.5) is 0 Å². The second-order valence-electron chi connectivity index (χ2n) is 7.21. The van der Waals surface area contributed by atoms with E-state index in [1.165, 1.54) is 21.9 Å². The Morgan fingerprint density at radius 2 is 1.82 bits per heavy atom. The van der Waals surface area contributed by atoms with Gasteiger partial charge in [0.05, 0.1) is 13.0 Å². The molecule has 0 amide bonds. The van der Waals surface area contributed by atoms with Crippen LogP contribution in [-0.4, -0.2) is 12.6 Å². The van der Waals surface area contributed by atoms with Gasteiger partial charge in [-0.25, -0.2) is 0 Å². The first-order chi connectivity index (χ1) is 13.6. The van der Waals surface area contributed by atoms with Gasteiger partial charge in [0, 0.05) is 0 Å². The van der Waals surface area contributed by atoms with Crippen LogP contribution in [0.25, 0.3) is 16.3 Å². The third kappa shape index (κ3) is 3.79. The van der Waals surface area contributed by atoms with Crippen LogP contribution in [0.3, 0.4) is 0 Å². The molecule has 3 aromatic carbocycles. The lowest BCUT2D eigenvalue weighted by atomic mass is 10.0. The first-order valence-corrected chi connectivity index (χ1v) is 9.72. The number of carbonyl (C=O) groups is 1. The van der Waals surface area contributed by atoms with Gasteiger partial charge < -0.3 is 9.47 Å². The molecule has 1 aliphatic carbocycles. The summed E-state index contributed by atoms with van der Waals surface area (Å²) in [7, 11) is 0. The highest BCUT2D eigenvalue weighted by Gasteiger charge is 2.22. The van der Waals surface area contributed by atoms with Gasteiger partial charge in [-0.05, 0) is 71.5 Å². The second kappa shape index (κ2) is 7.89. The molecule has 1 aliphatic rings. The van der Waals surface area contributed by atoms with E-state index < -0.39 is 0 Å². The van der Waals surface area contributed by atoms with Gasteiger partial charge in [-0.15, -0.1) is 0 Å². The molecule has 0 aliphatic heterocycles. The van der Waals surface area contributed by atoms with Crippen molar-refractivity contribution < 1.29 is 14.3 Å². The highest BCUT2D eigenvalue weighted by molar-refractivity contribution is 5.89. The van der Waals surface area contributed by atoms with Crippen LogP contribution in [0, 0.1) is 0 Å². The number of ether oxygens (including phenoxy) is 2. The summed E-state index contributed by atoms with van der Waals surface area (Å²) in [5.74, 6) is 0.648. The van der Waals surface area contributed by atoms with Crippen LogP contribution in [0.1, 0.15) is 37.0 Å². The van der Waals surface area contributed by atoms with Crippen molar-refractivity contribution in [1.29, 1.82) is 0 Å². The van der Waals surface area contributed by atoms with Crippen molar-refractivity contribution in [3.63, 3.8) is 0 Å². The largest absolute Gasteiger partial charge is 0.489 e. The fourth-order valence-corrected chi connectivity index (χ4v) is 3.80. The Labute approximate surface area is 165 Å². The highest BCUT2D eigenvalue weighted by atomic mass is 16.5. The van der Waals surface area contributed by atoms with Crippen molar-refractivity contribution in [1.82, 2.24) is 0 Å². The zero-order valence-electron chi connectivity index (χ0n) is 16.3. The maximum atomic E-state index is 12.0. The normalized spacial score (nSPS) is 12.9. The first-order valence-electron chi connectivity index (χ1n) is 9.72. The van der Waals surface area contributed by atoms with Crippen molar-refractivity contribution in [3.8, 4) is 5.75 Å². The summed E-state index contributed by atoms with van der Waals surface area (Å²) in [6.45, 7) is 4.84. The average molecular weight is 372 g/mol. The number of carbonyl (C=O) groups excluding carboxylic acids is 1. The molecule has 0 unspecified atom stereocenters. The Kier molecular flexibility index (Phi) is 5.16. The van der Waals surface area contributed by atoms with Gasteiger partial charge in [0.25, 0.3) is 0 Å². The zero-order valence-corrected chi connectivity index (χ0v) is 16.3. The molecule has 0 atom stereocenters. The summed E-state index contributed by atoms with van der Waals surface area (Å²) in [5, 5.41) is 2.45. The Hall–Kier alpha value is -3.07. The van der Waals surface area contributed by atoms with Crippen molar-refractivity contribution in [2.75, 3.05) is 6.61 Å². The fraction of sp³-hybridized carbons (Fsp3) is 0.240. The Morgan fingerprint density at radius 1 is 1.00 bits per heavy atom. The van der Waals surface area contributed by atoms with E-state index in [1.807, 2.05) is 25.1 Å². The second-order valence-corrected chi connectivity index (χ2v) is 7.21. The van der Waals surface area contributed by atoms with Crippen molar-refractivity contribution in [3.05, 3.63) is 82.9 Å². The molecule has 0 fully saturated rings. The molecular formula is C25H24O3. The smallest absolute Gasteiger partial charge is 0.310 e. The minimum atomic E-state index is -0.174. The number of fused-ring (bicyclic) bond motifs is 2. The number of esters is 1. The topological polar surface area (TPSA) is 35.5 Å². The van der Waals surface area contributed by atoms with E-state index in [-0.39, 0.29) is 5.97 Å². The number of allylic oxidation sites excluding steroid dienone is 1. The van der Waals surface area contributed by atoms with Crippen LogP contribution in [0.5, 0.6) is 5.75 Å². The maximum Gasteiger partial charge on any atom is 0.310 e. The average Bonchev–Trinajstić information content (AvgIpc) is 3.01. The first kappa shape index (κ1) is 18.3. The number of hydrogen-bond acceptors (Lipinski definition) is 3. The van der Waals surface area contributed by atoms with E-state index in [2.05, 4.69) is 49.4 Å². The lowest BCUT2D eigenvalue weighted by molar-refractivity contribution is -0.141. The summed E-state index contributed by atoms with van der Waals surface area (Å²) in [6, 6.07) is 20.9. The molecule has 3 aromatic rings. The molecule has 28 heavy (non-hydrogen) atoms. The van der Waals surface area contributed by atoms with E-state index in [0.29, 0.717) is 19.6 Å². The zero-order chi connectivity index (χ0) is 19.5. The van der Waals surface area contributed by atoms with Crippen LogP contribution in [-0.2, 0) is 22.6 Å². The van der Waals surface area contributed by atoms with Crippen molar-refractivity contribution in [2.45, 2.75) is 33.3 Å². The third-order valence-electron chi connectivity index (χ3n) is 5.22. The molecule has 0 N–H and O–H groups in total. The molecule has 0 saturated carbocycles. The number of benzene rings is 3. The van der Waals surface area contributed by atoms with E-state index in [1.54, 1.807) is 0 Å². The van der Waals surface area contributed by atoms with Gasteiger partial charge in [0.1, 0.15) is 12.4 Å². The monoisotopic (exact) mass is 372 g/mol. The van der Waals surface area contributed by atoms with E-state index in [0.717, 1.165) is 28.9 Å². The minimum absolute atomic E-state index is 0.174. The predicted molar refractivity (Wildman–Crippen MR) is 112 cm³/mol. The highest BCUT2D eigenvalue weighted by Crippen LogP contribution is 2.37. The van der Waals surface area contributed by atoms with Gasteiger partial charge in [-0.1, -0.05) is 48.0 Å². The van der Waals surface area contributed by atoms with Crippen molar-refractivity contribution in [2.24, 2.45) is 0 Å². The van der Waals surface area contributed by atoms with Gasteiger partial charge >= 0.3 is 5.97 Å². The van der Waals surface area contributed by atoms with Crippen LogP contribution in [0.15, 0.2) is 66.2 Å². The lowest BCUT2D eigenvalue weighted by Crippen LogP contribution is -2.05. The number of hydrogen-bond donors (Lipinski definition) is 0. The quantitative estimate of drug-likeness (QED) is 0.521. The molecule has 3 nitrogen and oxygen atoms in total. The van der Waals surface area contributed by atoms with Gasteiger partial charge in [0.15, 0.2) is 0 Å². The molecule has 4 rings (SSSR count). The Balaban J connectivity index is 1.50. The molecule has 0 bridgehead atoms. The Morgan fingerprint density at radius 3 is 2.64 bits per heavy atom. The fourth-order valence-electron chi connectivity index (χ4n) is 3.80. The van der Waals surface area contributed by atoms with Crippen LogP contribution in [0.2, 0.25) is 0 Å². The molecule has 3 heteroatoms. The lowest BCUT2D eigenvalue weighted by Gasteiger charge is -2.11. The Bertz CT molecular complexity index is 1060. The SMILES string of the molecule is CCOC(=O)CC1=C(C)Cc2ccc(OCc3ccc4ccccc4c3)cc21. The standard InChI is InChI=1S/C25H24O3/c1-3-27-25(26)15-23-17(2)12-21-10-11-22(14-24(21)23)28-16-18-8-9-19-6-4-5-7-20(19)13-18/h4-11,13-14H,3,12,15-16H2,1-2H3. The van der Waals surface area contributed by atoms with Gasteiger partial charge in [-0.3, -0.25) is 4.79 Å². The minimum Gasteiger partial charge on any atom is -0.489 e. The van der Waals surface area contributed by atoms with Crippen LogP contribution < -0.4 is 4.74 Å².